The molecule has 0 spiro atoms. The van der Waals surface area contributed by atoms with Gasteiger partial charge >= 0.3 is 5.97 Å². The van der Waals surface area contributed by atoms with Crippen LogP contribution in [-0.2, 0) is 24.4 Å². The van der Waals surface area contributed by atoms with Crippen LogP contribution in [-0.4, -0.2) is 64.3 Å². The van der Waals surface area contributed by atoms with E-state index in [0.717, 1.165) is 59.8 Å². The van der Waals surface area contributed by atoms with Crippen molar-refractivity contribution in [3.05, 3.63) is 107 Å². The van der Waals surface area contributed by atoms with Crippen LogP contribution in [0.2, 0.25) is 19.6 Å². The Balaban J connectivity index is 1.08. The van der Waals surface area contributed by atoms with Gasteiger partial charge in [-0.1, -0.05) is 37.7 Å². The van der Waals surface area contributed by atoms with E-state index in [1.807, 2.05) is 48.9 Å². The van der Waals surface area contributed by atoms with Crippen LogP contribution in [0.1, 0.15) is 65.7 Å². The lowest BCUT2D eigenvalue weighted by Gasteiger charge is -2.32. The number of rotatable bonds is 11. The molecule has 0 bridgehead atoms. The highest BCUT2D eigenvalue weighted by Crippen LogP contribution is 2.26. The Morgan fingerprint density at radius 2 is 1.84 bits per heavy atom. The molecule has 9 nitrogen and oxygen atoms in total. The minimum Gasteiger partial charge on any atom is -0.490 e. The maximum Gasteiger partial charge on any atom is 0.337 e. The molecule has 0 atom stereocenters. The van der Waals surface area contributed by atoms with Crippen LogP contribution in [0.4, 0.5) is 4.39 Å². The molecule has 2 aromatic heterocycles. The fraction of sp³-hybridized carbons (Fsp3) is 0.375. The van der Waals surface area contributed by atoms with Crippen LogP contribution >= 0.6 is 0 Å². The molecule has 0 N–H and O–H groups in total. The van der Waals surface area contributed by atoms with E-state index in [4.69, 9.17) is 19.2 Å². The number of carbonyl (C=O) groups excluding carboxylic acids is 1. The smallest absolute Gasteiger partial charge is 0.337 e. The van der Waals surface area contributed by atoms with Gasteiger partial charge in [0.25, 0.3) is 0 Å². The molecule has 0 aliphatic carbocycles. The van der Waals surface area contributed by atoms with Crippen LogP contribution in [0.25, 0.3) is 11.0 Å². The third kappa shape index (κ3) is 9.06. The van der Waals surface area contributed by atoms with E-state index in [-0.39, 0.29) is 30.5 Å². The predicted octanol–water partition coefficient (Wildman–Crippen LogP) is 7.64. The topological polar surface area (TPSA) is 83.6 Å². The summed E-state index contributed by atoms with van der Waals surface area (Å²) in [6, 6.07) is 18.5. The lowest BCUT2D eigenvalue weighted by Crippen LogP contribution is -2.38. The second-order valence-corrected chi connectivity index (χ2v) is 19.1. The monoisotopic (exact) mass is 707 g/mol. The molecule has 3 heterocycles. The van der Waals surface area contributed by atoms with Gasteiger partial charge in [-0.2, -0.15) is 0 Å². The summed E-state index contributed by atoms with van der Waals surface area (Å²) in [7, 11) is -0.154. The number of hydrogen-bond donors (Lipinski definition) is 0. The van der Waals surface area contributed by atoms with Gasteiger partial charge in [0.1, 0.15) is 32.4 Å². The van der Waals surface area contributed by atoms with Gasteiger partial charge in [0.15, 0.2) is 11.6 Å². The Labute approximate surface area is 300 Å². The van der Waals surface area contributed by atoms with Crippen LogP contribution in [0.3, 0.4) is 0 Å². The number of methoxy groups -OCH3 is 1. The van der Waals surface area contributed by atoms with E-state index in [9.17, 15) is 9.18 Å². The first-order chi connectivity index (χ1) is 24.5. The Morgan fingerprint density at radius 3 is 2.57 bits per heavy atom. The number of ether oxygens (including phenoxy) is 3. The highest BCUT2D eigenvalue weighted by Gasteiger charge is 2.24. The number of imidazole rings is 2. The molecule has 6 rings (SSSR count). The number of benzene rings is 3. The van der Waals surface area contributed by atoms with E-state index in [0.29, 0.717) is 24.2 Å². The molecule has 5 aromatic rings. The van der Waals surface area contributed by atoms with Gasteiger partial charge in [-0.3, -0.25) is 4.90 Å². The number of halogens is 1. The molecule has 0 amide bonds. The van der Waals surface area contributed by atoms with Crippen molar-refractivity contribution in [3.63, 3.8) is 0 Å². The Bertz CT molecular complexity index is 2060. The average molecular weight is 708 g/mol. The second kappa shape index (κ2) is 15.5. The van der Waals surface area contributed by atoms with Gasteiger partial charge in [-0.25, -0.2) is 19.2 Å². The van der Waals surface area contributed by atoms with Crippen molar-refractivity contribution in [1.29, 1.82) is 0 Å². The van der Waals surface area contributed by atoms with Crippen LogP contribution in [0.5, 0.6) is 11.5 Å². The second-order valence-electron chi connectivity index (χ2n) is 14.4. The van der Waals surface area contributed by atoms with E-state index in [1.165, 1.54) is 13.2 Å². The maximum absolute atomic E-state index is 14.8. The zero-order chi connectivity index (χ0) is 36.1. The van der Waals surface area contributed by atoms with Crippen molar-refractivity contribution >= 4 is 25.1 Å². The van der Waals surface area contributed by atoms with Gasteiger partial charge < -0.3 is 23.3 Å². The number of carbonyl (C=O) groups is 1. The molecule has 0 radical (unpaired) electrons. The summed E-state index contributed by atoms with van der Waals surface area (Å²) >= 11 is 0. The molecule has 1 aliphatic rings. The summed E-state index contributed by atoms with van der Waals surface area (Å²) in [5, 5.41) is 0. The summed E-state index contributed by atoms with van der Waals surface area (Å²) in [5.41, 5.74) is 8.11. The van der Waals surface area contributed by atoms with E-state index < -0.39 is 13.9 Å². The average Bonchev–Trinajstić information content (AvgIpc) is 3.71. The Hall–Kier alpha value is -4.92. The Kier molecular flexibility index (Phi) is 10.9. The van der Waals surface area contributed by atoms with Crippen LogP contribution in [0.15, 0.2) is 73.2 Å². The standard InChI is InChI=1S/C40H46FN5O4Si/c1-28(2)46-27-42-23-32(46)24-45-37-22-31(40(47)48-3)11-12-36(37)43-39(45)25-44-17-14-33(15-18-44)50-34-9-7-8-30(20-34)26-49-38-13-10-29(21-35(38)41)16-19-51(4,5)6/h7-13,20-23,27-28,33H,14-15,17-18,24-26H2,1-6H3. The molecule has 1 fully saturated rings. The molecule has 51 heavy (non-hydrogen) atoms. The van der Waals surface area contributed by atoms with Crippen molar-refractivity contribution < 1.29 is 23.4 Å². The molecular weight excluding hydrogens is 662 g/mol. The summed E-state index contributed by atoms with van der Waals surface area (Å²) in [6.45, 7) is 13.9. The molecule has 11 heteroatoms. The van der Waals surface area contributed by atoms with Gasteiger partial charge in [0.05, 0.1) is 48.8 Å². The SMILES string of the molecule is COC(=O)c1ccc2nc(CN3CCC(Oc4cccc(COc5ccc(C#C[Si](C)(C)C)cc5F)c4)CC3)n(Cc3cncn3C(C)C)c2c1. The van der Waals surface area contributed by atoms with Crippen molar-refractivity contribution in [2.45, 2.75) is 78.2 Å². The normalized spacial score (nSPS) is 14.0. The van der Waals surface area contributed by atoms with Gasteiger partial charge in [-0.05, 0) is 80.8 Å². The van der Waals surface area contributed by atoms with Crippen molar-refractivity contribution in [2.24, 2.45) is 0 Å². The maximum atomic E-state index is 14.8. The number of nitrogens with zero attached hydrogens (tertiary/aromatic N) is 5. The fourth-order valence-electron chi connectivity index (χ4n) is 6.20. The molecule has 1 saturated heterocycles. The zero-order valence-electron chi connectivity index (χ0n) is 30.3. The van der Waals surface area contributed by atoms with Gasteiger partial charge in [-0.15, -0.1) is 5.54 Å². The lowest BCUT2D eigenvalue weighted by molar-refractivity contribution is 0.0601. The number of aromatic nitrogens is 4. The molecular formula is C40H46FN5O4Si. The Morgan fingerprint density at radius 1 is 1.04 bits per heavy atom. The summed E-state index contributed by atoms with van der Waals surface area (Å²) in [5.74, 6) is 4.21. The first-order valence-electron chi connectivity index (χ1n) is 17.5. The van der Waals surface area contributed by atoms with E-state index in [1.54, 1.807) is 18.2 Å². The van der Waals surface area contributed by atoms with Crippen molar-refractivity contribution in [2.75, 3.05) is 20.2 Å². The third-order valence-corrected chi connectivity index (χ3v) is 9.75. The zero-order valence-corrected chi connectivity index (χ0v) is 31.3. The molecule has 0 unspecified atom stereocenters. The first kappa shape index (κ1) is 35.9. The van der Waals surface area contributed by atoms with Gasteiger partial charge in [0.2, 0.25) is 0 Å². The molecule has 266 valence electrons. The van der Waals surface area contributed by atoms with Crippen LogP contribution < -0.4 is 9.47 Å². The summed E-state index contributed by atoms with van der Waals surface area (Å²) < 4.78 is 36.4. The molecule has 3 aromatic carbocycles. The summed E-state index contributed by atoms with van der Waals surface area (Å²) in [4.78, 5) is 24.2. The number of likely N-dealkylation sites (tertiary alicyclic amines) is 1. The third-order valence-electron chi connectivity index (χ3n) is 8.88. The number of hydrogen-bond acceptors (Lipinski definition) is 7. The predicted molar refractivity (Wildman–Crippen MR) is 199 cm³/mol. The quantitative estimate of drug-likeness (QED) is 0.0793. The van der Waals surface area contributed by atoms with E-state index >= 15 is 0 Å². The first-order valence-corrected chi connectivity index (χ1v) is 21.0. The minimum atomic E-state index is -1.55. The lowest BCUT2D eigenvalue weighted by atomic mass is 10.1. The highest BCUT2D eigenvalue weighted by molar-refractivity contribution is 6.83. The fourth-order valence-corrected chi connectivity index (χ4v) is 6.72. The number of fused-ring (bicyclic) bond motifs is 1. The van der Waals surface area contributed by atoms with Crippen molar-refractivity contribution in [3.8, 4) is 23.0 Å². The largest absolute Gasteiger partial charge is 0.490 e. The van der Waals surface area contributed by atoms with Crippen molar-refractivity contribution in [1.82, 2.24) is 24.0 Å². The van der Waals surface area contributed by atoms with E-state index in [2.05, 4.69) is 64.0 Å². The minimum absolute atomic E-state index is 0.0708. The number of piperidine rings is 1. The van der Waals surface area contributed by atoms with Gasteiger partial charge in [0, 0.05) is 30.9 Å². The summed E-state index contributed by atoms with van der Waals surface area (Å²) in [6.07, 6.45) is 5.56. The molecule has 1 aliphatic heterocycles. The highest BCUT2D eigenvalue weighted by atomic mass is 28.3. The number of esters is 1. The molecule has 0 saturated carbocycles. The van der Waals surface area contributed by atoms with Crippen LogP contribution in [0, 0.1) is 17.3 Å².